The number of carboxylic acids is 1. The number of carbonyl (C=O) groups excluding carboxylic acids is 1. The number of carboxylic acid groups (broad SMARTS) is 1. The number of nitrogens with zero attached hydrogens (tertiary/aromatic N) is 4. The zero-order valence-electron chi connectivity index (χ0n) is 15.7. The molecule has 0 aliphatic carbocycles. The Labute approximate surface area is 164 Å². The van der Waals surface area contributed by atoms with E-state index in [-0.39, 0.29) is 25.0 Å². The van der Waals surface area contributed by atoms with Crippen LogP contribution in [0.15, 0.2) is 21.6 Å². The Morgan fingerprint density at radius 2 is 2.17 bits per heavy atom. The average Bonchev–Trinajstić information content (AvgIpc) is 3.32. The van der Waals surface area contributed by atoms with E-state index in [0.717, 1.165) is 19.0 Å². The second-order valence-corrected chi connectivity index (χ2v) is 7.12. The van der Waals surface area contributed by atoms with Gasteiger partial charge in [-0.15, -0.1) is 0 Å². The maximum Gasteiger partial charge on any atom is 0.341 e. The highest BCUT2D eigenvalue weighted by Gasteiger charge is 2.36. The fourth-order valence-electron chi connectivity index (χ4n) is 3.62. The Bertz CT molecular complexity index is 1020. The fraction of sp³-hybridized carbons (Fsp3) is 0.444. The third-order valence-electron chi connectivity index (χ3n) is 4.99. The van der Waals surface area contributed by atoms with Gasteiger partial charge < -0.3 is 24.4 Å². The minimum Gasteiger partial charge on any atom is -0.502 e. The number of hydrogen-bond acceptors (Lipinski definition) is 8. The molecule has 2 N–H and O–H groups in total. The molecular weight excluding hydrogens is 384 g/mol. The van der Waals surface area contributed by atoms with Crippen molar-refractivity contribution >= 4 is 11.9 Å². The summed E-state index contributed by atoms with van der Waals surface area (Å²) in [4.78, 5) is 38.2. The molecule has 0 unspecified atom stereocenters. The Morgan fingerprint density at radius 1 is 1.38 bits per heavy atom. The molecule has 154 valence electrons. The van der Waals surface area contributed by atoms with Crippen molar-refractivity contribution in [1.29, 1.82) is 0 Å². The molecule has 11 nitrogen and oxygen atoms in total. The first kappa shape index (κ1) is 19.0. The summed E-state index contributed by atoms with van der Waals surface area (Å²) >= 11 is 0. The van der Waals surface area contributed by atoms with Crippen LogP contribution in [0.2, 0.25) is 0 Å². The van der Waals surface area contributed by atoms with Gasteiger partial charge in [-0.3, -0.25) is 19.3 Å². The van der Waals surface area contributed by atoms with Gasteiger partial charge in [0.05, 0.1) is 12.6 Å². The minimum atomic E-state index is -1.49. The summed E-state index contributed by atoms with van der Waals surface area (Å²) in [5.74, 6) is -2.36. The quantitative estimate of drug-likeness (QED) is 0.719. The van der Waals surface area contributed by atoms with Crippen LogP contribution in [-0.2, 0) is 11.3 Å². The number of aromatic hydroxyl groups is 1. The number of amides is 1. The summed E-state index contributed by atoms with van der Waals surface area (Å²) in [6, 6.07) is 1.71. The summed E-state index contributed by atoms with van der Waals surface area (Å²) in [7, 11) is 0. The highest BCUT2D eigenvalue weighted by molar-refractivity contribution is 5.97. The van der Waals surface area contributed by atoms with Crippen LogP contribution >= 0.6 is 0 Å². The Hall–Kier alpha value is -3.34. The van der Waals surface area contributed by atoms with Crippen molar-refractivity contribution < 1.29 is 29.1 Å². The fourth-order valence-corrected chi connectivity index (χ4v) is 3.62. The molecule has 1 amide bonds. The number of ether oxygens (including phenoxy) is 1. The smallest absolute Gasteiger partial charge is 0.341 e. The minimum absolute atomic E-state index is 0.0962. The molecule has 4 rings (SSSR count). The van der Waals surface area contributed by atoms with E-state index in [9.17, 15) is 24.6 Å². The molecule has 29 heavy (non-hydrogen) atoms. The van der Waals surface area contributed by atoms with E-state index in [1.54, 1.807) is 18.0 Å². The number of hydrogen-bond donors (Lipinski definition) is 2. The van der Waals surface area contributed by atoms with Gasteiger partial charge in [-0.25, -0.2) is 4.79 Å². The number of aromatic nitrogens is 2. The van der Waals surface area contributed by atoms with Crippen LogP contribution < -0.4 is 10.4 Å². The lowest BCUT2D eigenvalue weighted by Crippen LogP contribution is -2.55. The van der Waals surface area contributed by atoms with Crippen molar-refractivity contribution in [1.82, 2.24) is 14.7 Å². The zero-order chi connectivity index (χ0) is 20.7. The SMILES string of the molecule is Cc1cc(CN2CN(C[C@@H]3CCCO3)C(=O)c3c(O)c(=O)c(C(=O)O)cn32)no1. The van der Waals surface area contributed by atoms with E-state index in [0.29, 0.717) is 24.6 Å². The summed E-state index contributed by atoms with van der Waals surface area (Å²) in [5, 5.41) is 25.2. The van der Waals surface area contributed by atoms with Crippen molar-refractivity contribution in [3.8, 4) is 5.75 Å². The number of carbonyl (C=O) groups is 2. The van der Waals surface area contributed by atoms with Crippen molar-refractivity contribution in [2.45, 2.75) is 32.4 Å². The van der Waals surface area contributed by atoms with Crippen LogP contribution in [-0.4, -0.2) is 62.7 Å². The molecule has 1 atom stereocenters. The topological polar surface area (TPSA) is 138 Å². The van der Waals surface area contributed by atoms with Gasteiger partial charge in [0.1, 0.15) is 23.7 Å². The summed E-state index contributed by atoms with van der Waals surface area (Å²) < 4.78 is 11.9. The van der Waals surface area contributed by atoms with Crippen LogP contribution in [0, 0.1) is 6.92 Å². The summed E-state index contributed by atoms with van der Waals surface area (Å²) in [5.41, 5.74) is -1.47. The van der Waals surface area contributed by atoms with Crippen molar-refractivity contribution in [2.24, 2.45) is 0 Å². The summed E-state index contributed by atoms with van der Waals surface area (Å²) in [6.45, 7) is 2.92. The lowest BCUT2D eigenvalue weighted by Gasteiger charge is -2.40. The molecule has 4 heterocycles. The molecule has 2 aromatic rings. The summed E-state index contributed by atoms with van der Waals surface area (Å²) in [6.07, 6.45) is 2.63. The number of aryl methyl sites for hydroxylation is 1. The van der Waals surface area contributed by atoms with Gasteiger partial charge in [0.25, 0.3) is 5.91 Å². The number of fused-ring (bicyclic) bond motifs is 1. The molecule has 2 aliphatic rings. The molecule has 0 radical (unpaired) electrons. The second kappa shape index (κ2) is 7.24. The van der Waals surface area contributed by atoms with Gasteiger partial charge in [-0.1, -0.05) is 5.16 Å². The third-order valence-corrected chi connectivity index (χ3v) is 4.99. The standard InChI is InChI=1S/C18H20N4O7/c1-10-5-11(19-29-10)6-21-9-20(7-12-3-2-4-28-12)17(25)14-16(24)15(23)13(18(26)27)8-22(14)21/h5,8,12,24H,2-4,6-7,9H2,1H3,(H,26,27)/t12-/m0/s1. The first-order chi connectivity index (χ1) is 13.8. The molecule has 1 fully saturated rings. The van der Waals surface area contributed by atoms with E-state index in [4.69, 9.17) is 9.26 Å². The third kappa shape index (κ3) is 3.44. The molecule has 1 saturated heterocycles. The van der Waals surface area contributed by atoms with E-state index >= 15 is 0 Å². The molecule has 2 aromatic heterocycles. The van der Waals surface area contributed by atoms with Crippen molar-refractivity contribution in [2.75, 3.05) is 24.8 Å². The molecule has 0 bridgehead atoms. The average molecular weight is 404 g/mol. The Morgan fingerprint density at radius 3 is 2.79 bits per heavy atom. The first-order valence-corrected chi connectivity index (χ1v) is 9.15. The second-order valence-electron chi connectivity index (χ2n) is 7.12. The molecular formula is C18H20N4O7. The zero-order valence-corrected chi connectivity index (χ0v) is 15.7. The van der Waals surface area contributed by atoms with Crippen molar-refractivity contribution in [3.05, 3.63) is 45.2 Å². The van der Waals surface area contributed by atoms with E-state index in [1.165, 1.54) is 9.58 Å². The van der Waals surface area contributed by atoms with Crippen LogP contribution in [0.4, 0.5) is 0 Å². The van der Waals surface area contributed by atoms with Crippen LogP contribution in [0.5, 0.6) is 5.75 Å². The molecule has 0 spiro atoms. The van der Waals surface area contributed by atoms with Gasteiger partial charge in [-0.05, 0) is 19.8 Å². The van der Waals surface area contributed by atoms with Gasteiger partial charge >= 0.3 is 5.97 Å². The molecule has 0 aromatic carbocycles. The van der Waals surface area contributed by atoms with Gasteiger partial charge in [-0.2, -0.15) is 0 Å². The maximum atomic E-state index is 13.0. The normalized spacial score (nSPS) is 18.9. The van der Waals surface area contributed by atoms with E-state index in [2.05, 4.69) is 5.16 Å². The van der Waals surface area contributed by atoms with Gasteiger partial charge in [0.15, 0.2) is 11.4 Å². The molecule has 11 heteroatoms. The van der Waals surface area contributed by atoms with Gasteiger partial charge in [0, 0.05) is 25.4 Å². The number of rotatable bonds is 5. The Kier molecular flexibility index (Phi) is 4.74. The number of aromatic carboxylic acids is 1. The largest absolute Gasteiger partial charge is 0.502 e. The predicted octanol–water partition coefficient (Wildman–Crippen LogP) is 0.279. The van der Waals surface area contributed by atoms with Gasteiger partial charge in [0.2, 0.25) is 5.43 Å². The van der Waals surface area contributed by atoms with E-state index in [1.807, 2.05) is 0 Å². The lowest BCUT2D eigenvalue weighted by atomic mass is 10.1. The number of pyridine rings is 1. The Balaban J connectivity index is 1.77. The van der Waals surface area contributed by atoms with Crippen molar-refractivity contribution in [3.63, 3.8) is 0 Å². The first-order valence-electron chi connectivity index (χ1n) is 9.15. The highest BCUT2D eigenvalue weighted by atomic mass is 16.5. The monoisotopic (exact) mass is 404 g/mol. The van der Waals surface area contributed by atoms with Crippen LogP contribution in [0.25, 0.3) is 0 Å². The van der Waals surface area contributed by atoms with Crippen LogP contribution in [0.3, 0.4) is 0 Å². The van der Waals surface area contributed by atoms with Crippen LogP contribution in [0.1, 0.15) is 45.1 Å². The van der Waals surface area contributed by atoms with E-state index < -0.39 is 28.6 Å². The maximum absolute atomic E-state index is 13.0. The predicted molar refractivity (Wildman–Crippen MR) is 97.4 cm³/mol. The molecule has 0 saturated carbocycles. The highest BCUT2D eigenvalue weighted by Crippen LogP contribution is 2.24. The lowest BCUT2D eigenvalue weighted by molar-refractivity contribution is 0.0453. The molecule has 2 aliphatic heterocycles.